The van der Waals surface area contributed by atoms with E-state index in [0.29, 0.717) is 28.0 Å². The van der Waals surface area contributed by atoms with Gasteiger partial charge in [-0.25, -0.2) is 22.4 Å². The van der Waals surface area contributed by atoms with E-state index < -0.39 is 41.9 Å². The van der Waals surface area contributed by atoms with Gasteiger partial charge in [-0.15, -0.1) is 6.58 Å². The minimum absolute atomic E-state index is 0. The second kappa shape index (κ2) is 20.5. The van der Waals surface area contributed by atoms with Crippen LogP contribution < -0.4 is 73.4 Å². The van der Waals surface area contributed by atoms with Crippen molar-refractivity contribution >= 4 is 63.9 Å². The van der Waals surface area contributed by atoms with Crippen LogP contribution in [0.1, 0.15) is 40.4 Å². The Bertz CT molecular complexity index is 2650. The molecule has 0 N–H and O–H groups in total. The first kappa shape index (κ1) is 49.4. The summed E-state index contributed by atoms with van der Waals surface area (Å²) in [6.07, 6.45) is 2.20. The van der Waals surface area contributed by atoms with Gasteiger partial charge in [0.1, 0.15) is 25.8 Å². The van der Waals surface area contributed by atoms with Crippen LogP contribution in [-0.2, 0) is 48.4 Å². The fourth-order valence-corrected chi connectivity index (χ4v) is 9.71. The zero-order valence-electron chi connectivity index (χ0n) is 34.3. The van der Waals surface area contributed by atoms with E-state index >= 15 is 0 Å². The molecule has 3 heterocycles. The van der Waals surface area contributed by atoms with Crippen LogP contribution in [0.3, 0.4) is 0 Å². The number of hydrogen-bond acceptors (Lipinski definition) is 11. The first-order valence-corrected chi connectivity index (χ1v) is 22.1. The molecule has 0 spiro atoms. The molecule has 1 aromatic heterocycles. The summed E-state index contributed by atoms with van der Waals surface area (Å²) in [4.78, 5) is 81.5. The van der Waals surface area contributed by atoms with E-state index in [9.17, 15) is 41.9 Å². The molecule has 2 saturated heterocycles. The van der Waals surface area contributed by atoms with E-state index in [1.54, 1.807) is 29.3 Å². The molecule has 0 bridgehead atoms. The van der Waals surface area contributed by atoms with Gasteiger partial charge in [0.25, 0.3) is 10.0 Å². The average molecular weight is 918 g/mol. The number of fused-ring (bicyclic) bond motifs is 2. The van der Waals surface area contributed by atoms with E-state index in [4.69, 9.17) is 11.6 Å². The predicted octanol–water partition coefficient (Wildman–Crippen LogP) is -2.06. The molecule has 2 fully saturated rings. The Morgan fingerprint density at radius 3 is 2.24 bits per heavy atom. The van der Waals surface area contributed by atoms with Crippen molar-refractivity contribution in [2.45, 2.75) is 49.8 Å². The van der Waals surface area contributed by atoms with Crippen molar-refractivity contribution in [3.63, 3.8) is 0 Å². The minimum Gasteiger partial charge on any atom is -0.780 e. The summed E-state index contributed by atoms with van der Waals surface area (Å²) in [6.45, 7) is 4.71. The second-order valence-electron chi connectivity index (χ2n) is 14.4. The molecule has 20 heteroatoms. The van der Waals surface area contributed by atoms with Crippen LogP contribution in [0.15, 0.2) is 121 Å². The first-order chi connectivity index (χ1) is 28.5. The third-order valence-electron chi connectivity index (χ3n) is 10.5. The molecule has 7 rings (SSSR count). The number of nitrogens with zero attached hydrogens (tertiary/aromatic N) is 5. The summed E-state index contributed by atoms with van der Waals surface area (Å²) < 4.78 is 45.2. The van der Waals surface area contributed by atoms with Crippen LogP contribution in [0, 0.1) is 0 Å². The van der Waals surface area contributed by atoms with Gasteiger partial charge in [-0.2, -0.15) is 0 Å². The maximum atomic E-state index is 14.8. The number of hydrogen-bond donors (Lipinski definition) is 0. The number of rotatable bonds is 14. The van der Waals surface area contributed by atoms with E-state index in [-0.39, 0.29) is 132 Å². The van der Waals surface area contributed by atoms with E-state index in [2.05, 4.69) is 11.1 Å². The number of phosphoric ester groups is 1. The normalized spacial score (nSPS) is 16.9. The third-order valence-corrected chi connectivity index (χ3v) is 12.8. The predicted molar refractivity (Wildman–Crippen MR) is 218 cm³/mol. The SMILES string of the molecule is C=CCN1CC(=O)N2[C@@H](Cc3ccc(OP(=O)([O-])[O-])cc3)C(=O)N(Cc3cccc4c(C(C)=O)cn(S(=O)(=O)c5ccc(Cl)cc5)c34)C[C@@H]2N1C(=O)CCc1ccccc1.[Na+].[Na+]. The number of para-hydroxylation sites is 1. The smallest absolute Gasteiger partial charge is 0.780 e. The van der Waals surface area contributed by atoms with Crippen molar-refractivity contribution in [1.29, 1.82) is 0 Å². The average Bonchev–Trinajstić information content (AvgIpc) is 3.62. The summed E-state index contributed by atoms with van der Waals surface area (Å²) in [5.41, 5.74) is 2.08. The number of carbonyl (C=O) groups is 4. The molecule has 2 aliphatic rings. The maximum absolute atomic E-state index is 14.8. The van der Waals surface area contributed by atoms with Crippen LogP contribution in [0.2, 0.25) is 5.02 Å². The number of halogens is 1. The molecule has 4 aromatic carbocycles. The Morgan fingerprint density at radius 1 is 0.935 bits per heavy atom. The number of amides is 3. The van der Waals surface area contributed by atoms with Gasteiger partial charge in [0.2, 0.25) is 17.7 Å². The van der Waals surface area contributed by atoms with Crippen LogP contribution in [0.5, 0.6) is 5.75 Å². The number of ketones is 1. The number of hydrazine groups is 1. The van der Waals surface area contributed by atoms with E-state index in [0.717, 1.165) is 9.54 Å². The van der Waals surface area contributed by atoms with Crippen LogP contribution in [0.25, 0.3) is 10.9 Å². The topological polar surface area (TPSA) is 193 Å². The van der Waals surface area contributed by atoms with Crippen molar-refractivity contribution in [2.75, 3.05) is 19.6 Å². The van der Waals surface area contributed by atoms with Crippen LogP contribution >= 0.6 is 19.4 Å². The summed E-state index contributed by atoms with van der Waals surface area (Å²) in [5.74, 6) is -1.88. The third kappa shape index (κ3) is 10.7. The molecule has 5 aromatic rings. The van der Waals surface area contributed by atoms with Crippen molar-refractivity contribution in [3.05, 3.63) is 143 Å². The number of Topliss-reactive ketones (excluding diaryl/α,β-unsaturated/α-hetero) is 1. The van der Waals surface area contributed by atoms with E-state index in [1.165, 1.54) is 76.5 Å². The van der Waals surface area contributed by atoms with E-state index in [1.807, 2.05) is 30.3 Å². The summed E-state index contributed by atoms with van der Waals surface area (Å²) in [5, 5.41) is 3.75. The molecule has 0 radical (unpaired) electrons. The number of phosphoric acid groups is 1. The van der Waals surface area contributed by atoms with Crippen molar-refractivity contribution in [3.8, 4) is 5.75 Å². The Balaban J connectivity index is 0.00000363. The monoisotopic (exact) mass is 917 g/mol. The van der Waals surface area contributed by atoms with Crippen molar-refractivity contribution in [2.24, 2.45) is 0 Å². The second-order valence-corrected chi connectivity index (χ2v) is 17.8. The minimum atomic E-state index is -5.35. The first-order valence-electron chi connectivity index (χ1n) is 18.8. The Hall–Kier alpha value is -3.61. The van der Waals surface area contributed by atoms with Gasteiger partial charge in [-0.3, -0.25) is 19.2 Å². The molecule has 2 atom stereocenters. The fraction of sp³-hybridized carbons (Fsp3) is 0.238. The molecule has 0 aliphatic carbocycles. The molecule has 15 nitrogen and oxygen atoms in total. The van der Waals surface area contributed by atoms with Gasteiger partial charge in [0.15, 0.2) is 5.78 Å². The Morgan fingerprint density at radius 2 is 1.61 bits per heavy atom. The largest absolute Gasteiger partial charge is 1.00 e. The molecular weight excluding hydrogens is 879 g/mol. The maximum Gasteiger partial charge on any atom is 1.00 e. The van der Waals surface area contributed by atoms with Gasteiger partial charge in [-0.05, 0) is 66.4 Å². The molecule has 3 amide bonds. The van der Waals surface area contributed by atoms with Gasteiger partial charge in [-0.1, -0.05) is 78.3 Å². The van der Waals surface area contributed by atoms with Crippen molar-refractivity contribution < 1.29 is 106 Å². The molecule has 62 heavy (non-hydrogen) atoms. The summed E-state index contributed by atoms with van der Waals surface area (Å²) in [6, 6.07) is 24.2. The number of benzene rings is 4. The molecule has 312 valence electrons. The number of aromatic nitrogens is 1. The van der Waals surface area contributed by atoms with Gasteiger partial charge < -0.3 is 28.7 Å². The van der Waals surface area contributed by atoms with Crippen molar-refractivity contribution in [1.82, 2.24) is 23.8 Å². The molecule has 0 unspecified atom stereocenters. The molecule has 2 aliphatic heterocycles. The fourth-order valence-electron chi connectivity index (χ4n) is 7.80. The van der Waals surface area contributed by atoms with Crippen LogP contribution in [-0.4, -0.2) is 87.6 Å². The zero-order valence-corrected chi connectivity index (χ0v) is 40.7. The van der Waals surface area contributed by atoms with Gasteiger partial charge in [0, 0.05) is 48.1 Å². The summed E-state index contributed by atoms with van der Waals surface area (Å²) in [7, 11) is -9.67. The number of carbonyl (C=O) groups excluding carboxylic acids is 4. The number of piperazine rings is 1. The van der Waals surface area contributed by atoms with Crippen LogP contribution in [0.4, 0.5) is 0 Å². The van der Waals surface area contributed by atoms with Gasteiger partial charge in [0.05, 0.1) is 23.5 Å². The Kier molecular flexibility index (Phi) is 16.3. The van der Waals surface area contributed by atoms with Gasteiger partial charge >= 0.3 is 59.1 Å². The molecule has 0 saturated carbocycles. The molecular formula is C42H39ClN5Na2O10PS. The quantitative estimate of drug-likeness (QED) is 0.0515. The number of aryl methyl sites for hydroxylation is 1. The summed E-state index contributed by atoms with van der Waals surface area (Å²) >= 11 is 6.07. The zero-order chi connectivity index (χ0) is 42.9. The Labute approximate surface area is 408 Å². The standard InChI is InChI=1S/C42H41ClN5O10PS.2Na/c1-3-22-45-27-40(51)47-37(23-30-12-17-33(18-13-30)58-59(53,54)55)42(52)44(26-38(47)48(45)39(50)21-14-29-8-5-4-6-9-29)24-31-10-7-11-35-36(28(2)49)25-46(41(31)35)60(56,57)34-19-15-32(43)16-20-34;;/h3-13,15-20,25,37-38H,1,14,21-24,26-27H2,2H3,(H2,53,54,55);;/q;2*+1/p-2/t37-,38-;;/m0../s1.